The molecule has 0 aliphatic carbocycles. The Hall–Kier alpha value is -0.200. The molecule has 0 saturated carbocycles. The lowest BCUT2D eigenvalue weighted by Gasteiger charge is -2.15. The second kappa shape index (κ2) is 7.14. The first kappa shape index (κ1) is 12.9. The number of quaternary nitrogens is 1. The molecule has 2 atom stereocenters. The molecule has 90 valence electrons. The van der Waals surface area contributed by atoms with Gasteiger partial charge in [0.25, 0.3) is 0 Å². The minimum atomic E-state index is -0.643. The molecule has 1 heterocycles. The van der Waals surface area contributed by atoms with E-state index in [4.69, 9.17) is 10.2 Å². The Labute approximate surface area is 91.3 Å². The van der Waals surface area contributed by atoms with Crippen LogP contribution < -0.4 is 11.1 Å². The molecule has 0 amide bonds. The Morgan fingerprint density at radius 1 is 1.47 bits per heavy atom. The number of rotatable bonds is 7. The number of likely N-dealkylation sites (tertiary alicyclic amines) is 1. The lowest BCUT2D eigenvalue weighted by atomic mass is 10.1. The number of hydrogen-bond acceptors (Lipinski definition) is 4. The van der Waals surface area contributed by atoms with Gasteiger partial charge in [0.15, 0.2) is 0 Å². The van der Waals surface area contributed by atoms with E-state index in [1.54, 1.807) is 0 Å². The monoisotopic (exact) mass is 218 g/mol. The second-order valence-corrected chi connectivity index (χ2v) is 4.31. The van der Waals surface area contributed by atoms with Crippen LogP contribution in [-0.4, -0.2) is 54.3 Å². The first-order valence-electron chi connectivity index (χ1n) is 5.80. The Balaban J connectivity index is 1.92. The summed E-state index contributed by atoms with van der Waals surface area (Å²) in [4.78, 5) is 2.40. The second-order valence-electron chi connectivity index (χ2n) is 4.31. The first-order chi connectivity index (χ1) is 7.22. The van der Waals surface area contributed by atoms with Gasteiger partial charge in [0.05, 0.1) is 0 Å². The van der Waals surface area contributed by atoms with Crippen molar-refractivity contribution in [1.82, 2.24) is 10.2 Å². The van der Waals surface area contributed by atoms with Crippen molar-refractivity contribution in [2.24, 2.45) is 5.92 Å². The molecule has 1 saturated heterocycles. The summed E-state index contributed by atoms with van der Waals surface area (Å²) in [5.74, 6) is 0.491. The van der Waals surface area contributed by atoms with Crippen LogP contribution in [0.2, 0.25) is 0 Å². The van der Waals surface area contributed by atoms with Crippen LogP contribution in [0.25, 0.3) is 0 Å². The van der Waals surface area contributed by atoms with E-state index in [0.29, 0.717) is 12.5 Å². The van der Waals surface area contributed by atoms with Gasteiger partial charge in [0.1, 0.15) is 0 Å². The van der Waals surface area contributed by atoms with Gasteiger partial charge in [-0.15, -0.1) is 0 Å². The average Bonchev–Trinajstić information content (AvgIpc) is 2.65. The van der Waals surface area contributed by atoms with Crippen LogP contribution in [0.1, 0.15) is 19.3 Å². The molecule has 0 aromatic rings. The Morgan fingerprint density at radius 3 is 2.87 bits per heavy atom. The third-order valence-electron chi connectivity index (χ3n) is 2.91. The highest BCUT2D eigenvalue weighted by atomic mass is 16.3. The van der Waals surface area contributed by atoms with Crippen LogP contribution in [0.15, 0.2) is 0 Å². The zero-order valence-electron chi connectivity index (χ0n) is 9.36. The summed E-state index contributed by atoms with van der Waals surface area (Å²) in [5, 5.41) is 20.7. The number of aliphatic hydroxyl groups is 2. The Bertz CT molecular complexity index is 167. The van der Waals surface area contributed by atoms with Gasteiger partial charge in [0, 0.05) is 19.7 Å². The number of nitrogens with zero attached hydrogens (tertiary/aromatic N) is 1. The van der Waals surface area contributed by atoms with E-state index in [1.165, 1.54) is 0 Å². The topological polar surface area (TPSA) is 83.4 Å². The van der Waals surface area contributed by atoms with Crippen molar-refractivity contribution in [3.63, 3.8) is 0 Å². The van der Waals surface area contributed by atoms with Crippen molar-refractivity contribution in [2.75, 3.05) is 32.8 Å². The van der Waals surface area contributed by atoms with Gasteiger partial charge in [-0.3, -0.25) is 0 Å². The van der Waals surface area contributed by atoms with Crippen LogP contribution in [0.5, 0.6) is 0 Å². The van der Waals surface area contributed by atoms with E-state index in [0.717, 1.165) is 45.4 Å². The number of aliphatic hydroxyl groups excluding tert-OH is 2. The molecular weight excluding hydrogens is 194 g/mol. The van der Waals surface area contributed by atoms with E-state index in [2.05, 4.69) is 16.0 Å². The minimum absolute atomic E-state index is 0.325. The summed E-state index contributed by atoms with van der Waals surface area (Å²) in [6, 6.07) is 0. The highest BCUT2D eigenvalue weighted by Gasteiger charge is 2.20. The SMILES string of the molecule is [NH3+]C(O)NCCCCN1CCC(CO)C1. The molecule has 0 aromatic heterocycles. The van der Waals surface area contributed by atoms with E-state index in [-0.39, 0.29) is 0 Å². The summed E-state index contributed by atoms with van der Waals surface area (Å²) in [7, 11) is 0. The van der Waals surface area contributed by atoms with Gasteiger partial charge in [-0.2, -0.15) is 0 Å². The highest BCUT2D eigenvalue weighted by molar-refractivity contribution is 4.74. The predicted molar refractivity (Wildman–Crippen MR) is 57.8 cm³/mol. The number of nitrogens with one attached hydrogen (secondary N) is 1. The fourth-order valence-electron chi connectivity index (χ4n) is 1.99. The van der Waals surface area contributed by atoms with Crippen LogP contribution in [0, 0.1) is 5.92 Å². The van der Waals surface area contributed by atoms with E-state index in [9.17, 15) is 0 Å². The van der Waals surface area contributed by atoms with Crippen molar-refractivity contribution < 1.29 is 15.9 Å². The molecule has 5 nitrogen and oxygen atoms in total. The standard InChI is InChI=1S/C10H23N3O2/c11-10(15)12-4-1-2-5-13-6-3-9(7-13)8-14/h9-10,12,14-15H,1-8,11H2/p+1. The van der Waals surface area contributed by atoms with Gasteiger partial charge < -0.3 is 20.8 Å². The Kier molecular flexibility index (Phi) is 6.12. The largest absolute Gasteiger partial charge is 0.396 e. The summed E-state index contributed by atoms with van der Waals surface area (Å²) >= 11 is 0. The normalized spacial score (nSPS) is 24.6. The molecule has 1 rings (SSSR count). The maximum Gasteiger partial charge on any atom is 0.246 e. The first-order valence-corrected chi connectivity index (χ1v) is 5.80. The van der Waals surface area contributed by atoms with Crippen LogP contribution in [0.4, 0.5) is 0 Å². The molecule has 0 radical (unpaired) electrons. The van der Waals surface area contributed by atoms with Crippen molar-refractivity contribution in [3.05, 3.63) is 0 Å². The molecule has 1 aliphatic rings. The van der Waals surface area contributed by atoms with Gasteiger partial charge in [-0.1, -0.05) is 0 Å². The molecule has 15 heavy (non-hydrogen) atoms. The molecule has 1 fully saturated rings. The fourth-order valence-corrected chi connectivity index (χ4v) is 1.99. The predicted octanol–water partition coefficient (Wildman–Crippen LogP) is -1.81. The molecule has 2 unspecified atom stereocenters. The molecule has 0 spiro atoms. The van der Waals surface area contributed by atoms with Gasteiger partial charge in [-0.25, -0.2) is 5.32 Å². The van der Waals surface area contributed by atoms with Crippen LogP contribution >= 0.6 is 0 Å². The van der Waals surface area contributed by atoms with E-state index >= 15 is 0 Å². The third-order valence-corrected chi connectivity index (χ3v) is 2.91. The molecule has 5 heteroatoms. The van der Waals surface area contributed by atoms with Crippen LogP contribution in [-0.2, 0) is 0 Å². The van der Waals surface area contributed by atoms with E-state index in [1.807, 2.05) is 0 Å². The number of hydrogen-bond donors (Lipinski definition) is 4. The summed E-state index contributed by atoms with van der Waals surface area (Å²) in [6.45, 7) is 4.41. The fraction of sp³-hybridized carbons (Fsp3) is 1.00. The third kappa shape index (κ3) is 5.44. The minimum Gasteiger partial charge on any atom is -0.396 e. The quantitative estimate of drug-likeness (QED) is 0.300. The summed E-state index contributed by atoms with van der Waals surface area (Å²) < 4.78 is 0. The van der Waals surface area contributed by atoms with Gasteiger partial charge in [-0.05, 0) is 38.3 Å². The smallest absolute Gasteiger partial charge is 0.246 e. The molecule has 0 aromatic carbocycles. The van der Waals surface area contributed by atoms with Crippen LogP contribution in [0.3, 0.4) is 0 Å². The van der Waals surface area contributed by atoms with Gasteiger partial charge in [0.2, 0.25) is 6.35 Å². The zero-order chi connectivity index (χ0) is 11.1. The Morgan fingerprint density at radius 2 is 2.27 bits per heavy atom. The number of unbranched alkanes of at least 4 members (excludes halogenated alkanes) is 1. The van der Waals surface area contributed by atoms with Crippen molar-refractivity contribution in [3.8, 4) is 0 Å². The molecular formula is C10H24N3O2+. The lowest BCUT2D eigenvalue weighted by Crippen LogP contribution is -2.68. The van der Waals surface area contributed by atoms with E-state index < -0.39 is 6.35 Å². The summed E-state index contributed by atoms with van der Waals surface area (Å²) in [6.07, 6.45) is 2.69. The van der Waals surface area contributed by atoms with Crippen molar-refractivity contribution >= 4 is 0 Å². The zero-order valence-corrected chi connectivity index (χ0v) is 9.36. The van der Waals surface area contributed by atoms with Crippen molar-refractivity contribution in [1.29, 1.82) is 0 Å². The van der Waals surface area contributed by atoms with Crippen molar-refractivity contribution in [2.45, 2.75) is 25.6 Å². The maximum atomic E-state index is 8.98. The average molecular weight is 218 g/mol. The summed E-state index contributed by atoms with van der Waals surface area (Å²) in [5.41, 5.74) is 3.44. The molecule has 1 aliphatic heterocycles. The van der Waals surface area contributed by atoms with Gasteiger partial charge >= 0.3 is 0 Å². The molecule has 0 bridgehead atoms. The lowest BCUT2D eigenvalue weighted by molar-refractivity contribution is -0.491. The maximum absolute atomic E-state index is 8.98. The highest BCUT2D eigenvalue weighted by Crippen LogP contribution is 2.15. The molecule has 6 N–H and O–H groups in total.